The Kier molecular flexibility index (Phi) is 4.20. The lowest BCUT2D eigenvalue weighted by atomic mass is 10.3. The second kappa shape index (κ2) is 5.90. The first kappa shape index (κ1) is 14.9. The molecule has 0 fully saturated rings. The van der Waals surface area contributed by atoms with E-state index in [2.05, 4.69) is 10.6 Å². The van der Waals surface area contributed by atoms with Crippen molar-refractivity contribution in [1.82, 2.24) is 0 Å². The van der Waals surface area contributed by atoms with Gasteiger partial charge in [-0.15, -0.1) is 0 Å². The summed E-state index contributed by atoms with van der Waals surface area (Å²) in [5.41, 5.74) is 0.306. The van der Waals surface area contributed by atoms with Gasteiger partial charge >= 0.3 is 6.03 Å². The van der Waals surface area contributed by atoms with Crippen molar-refractivity contribution in [3.8, 4) is 0 Å². The number of carbonyl (C=O) groups is 1. The Morgan fingerprint density at radius 3 is 2.19 bits per heavy atom. The third-order valence-electron chi connectivity index (χ3n) is 2.53. The fourth-order valence-electron chi connectivity index (χ4n) is 1.56. The fourth-order valence-corrected chi connectivity index (χ4v) is 2.04. The van der Waals surface area contributed by atoms with E-state index < -0.39 is 22.0 Å². The molecule has 2 aromatic carbocycles. The van der Waals surface area contributed by atoms with E-state index in [4.69, 9.17) is 4.55 Å². The fraction of sp³-hybridized carbons (Fsp3) is 0. The SMILES string of the molecule is O=C(Nc1ccc(S(=O)(=O)O)cc1)Nc1ccccc1F. The van der Waals surface area contributed by atoms with Crippen LogP contribution in [-0.2, 0) is 10.1 Å². The van der Waals surface area contributed by atoms with Gasteiger partial charge in [0.2, 0.25) is 0 Å². The highest BCUT2D eigenvalue weighted by molar-refractivity contribution is 7.85. The minimum atomic E-state index is -4.28. The van der Waals surface area contributed by atoms with Crippen LogP contribution in [0.2, 0.25) is 0 Å². The summed E-state index contributed by atoms with van der Waals surface area (Å²) in [7, 11) is -4.28. The van der Waals surface area contributed by atoms with Crippen LogP contribution in [-0.4, -0.2) is 19.0 Å². The lowest BCUT2D eigenvalue weighted by Crippen LogP contribution is -2.20. The number of anilines is 2. The molecule has 2 aromatic rings. The molecule has 3 N–H and O–H groups in total. The van der Waals surface area contributed by atoms with Gasteiger partial charge in [0.25, 0.3) is 10.1 Å². The van der Waals surface area contributed by atoms with E-state index in [1.165, 1.54) is 30.3 Å². The van der Waals surface area contributed by atoms with E-state index in [1.807, 2.05) is 0 Å². The zero-order valence-corrected chi connectivity index (χ0v) is 11.4. The van der Waals surface area contributed by atoms with Crippen molar-refractivity contribution in [3.63, 3.8) is 0 Å². The Morgan fingerprint density at radius 1 is 1.00 bits per heavy atom. The number of para-hydroxylation sites is 1. The number of hydrogen-bond donors (Lipinski definition) is 3. The molecule has 0 aliphatic heterocycles. The van der Waals surface area contributed by atoms with Gasteiger partial charge in [-0.2, -0.15) is 8.42 Å². The van der Waals surface area contributed by atoms with E-state index in [1.54, 1.807) is 6.07 Å². The number of halogens is 1. The van der Waals surface area contributed by atoms with Crippen molar-refractivity contribution < 1.29 is 22.2 Å². The molecule has 0 saturated carbocycles. The monoisotopic (exact) mass is 310 g/mol. The van der Waals surface area contributed by atoms with Gasteiger partial charge < -0.3 is 10.6 Å². The average molecular weight is 310 g/mol. The van der Waals surface area contributed by atoms with Gasteiger partial charge in [0.15, 0.2) is 0 Å². The van der Waals surface area contributed by atoms with Crippen LogP contribution in [0.25, 0.3) is 0 Å². The second-order valence-electron chi connectivity index (χ2n) is 4.06. The van der Waals surface area contributed by atoms with E-state index in [-0.39, 0.29) is 16.3 Å². The molecule has 0 aliphatic rings. The smallest absolute Gasteiger partial charge is 0.308 e. The summed E-state index contributed by atoms with van der Waals surface area (Å²) in [5, 5.41) is 4.71. The van der Waals surface area contributed by atoms with Crippen LogP contribution >= 0.6 is 0 Å². The molecule has 110 valence electrons. The van der Waals surface area contributed by atoms with Crippen molar-refractivity contribution >= 4 is 27.5 Å². The highest BCUT2D eigenvalue weighted by Crippen LogP contribution is 2.15. The molecule has 21 heavy (non-hydrogen) atoms. The van der Waals surface area contributed by atoms with Crippen molar-refractivity contribution in [2.75, 3.05) is 10.6 Å². The molecule has 0 unspecified atom stereocenters. The standard InChI is InChI=1S/C13H11FN2O4S/c14-11-3-1-2-4-12(11)16-13(17)15-9-5-7-10(8-6-9)21(18,19)20/h1-8H,(H2,15,16,17)(H,18,19,20). The first-order valence-corrected chi connectivity index (χ1v) is 7.20. The van der Waals surface area contributed by atoms with Crippen LogP contribution in [0.5, 0.6) is 0 Å². The first-order valence-electron chi connectivity index (χ1n) is 5.76. The highest BCUT2D eigenvalue weighted by Gasteiger charge is 2.10. The molecule has 0 heterocycles. The predicted molar refractivity (Wildman–Crippen MR) is 75.3 cm³/mol. The number of amides is 2. The second-order valence-corrected chi connectivity index (χ2v) is 5.48. The minimum Gasteiger partial charge on any atom is -0.308 e. The number of benzene rings is 2. The molecule has 8 heteroatoms. The van der Waals surface area contributed by atoms with Crippen molar-refractivity contribution in [2.24, 2.45) is 0 Å². The van der Waals surface area contributed by atoms with Crippen LogP contribution in [0.15, 0.2) is 53.4 Å². The van der Waals surface area contributed by atoms with Crippen molar-refractivity contribution in [2.45, 2.75) is 4.90 Å². The maximum absolute atomic E-state index is 13.3. The number of nitrogens with one attached hydrogen (secondary N) is 2. The molecule has 2 amide bonds. The molecule has 0 bridgehead atoms. The topological polar surface area (TPSA) is 95.5 Å². The molecule has 0 aromatic heterocycles. The van der Waals surface area contributed by atoms with Crippen LogP contribution in [0.4, 0.5) is 20.6 Å². The van der Waals surface area contributed by atoms with Gasteiger partial charge in [-0.25, -0.2) is 9.18 Å². The Bertz CT molecular complexity index is 760. The molecular weight excluding hydrogens is 299 g/mol. The summed E-state index contributed by atoms with van der Waals surface area (Å²) < 4.78 is 43.9. The Hall–Kier alpha value is -2.45. The lowest BCUT2D eigenvalue weighted by molar-refractivity contribution is 0.262. The van der Waals surface area contributed by atoms with Gasteiger partial charge in [-0.05, 0) is 36.4 Å². The van der Waals surface area contributed by atoms with Gasteiger partial charge in [0.1, 0.15) is 5.82 Å². The predicted octanol–water partition coefficient (Wildman–Crippen LogP) is 2.72. The molecule has 0 saturated heterocycles. The van der Waals surface area contributed by atoms with E-state index >= 15 is 0 Å². The summed E-state index contributed by atoms with van der Waals surface area (Å²) >= 11 is 0. The Balaban J connectivity index is 2.05. The van der Waals surface area contributed by atoms with Gasteiger partial charge in [0, 0.05) is 5.69 Å². The van der Waals surface area contributed by atoms with Crippen LogP contribution in [0.1, 0.15) is 0 Å². The molecule has 0 aliphatic carbocycles. The summed E-state index contributed by atoms with van der Waals surface area (Å²) in [5.74, 6) is -0.575. The molecule has 0 spiro atoms. The van der Waals surface area contributed by atoms with E-state index in [9.17, 15) is 17.6 Å². The lowest BCUT2D eigenvalue weighted by Gasteiger charge is -2.08. The number of urea groups is 1. The molecule has 0 atom stereocenters. The normalized spacial score (nSPS) is 11.0. The van der Waals surface area contributed by atoms with Crippen LogP contribution in [0, 0.1) is 5.82 Å². The van der Waals surface area contributed by atoms with Crippen molar-refractivity contribution in [1.29, 1.82) is 0 Å². The minimum absolute atomic E-state index is 0.0181. The van der Waals surface area contributed by atoms with Crippen LogP contribution < -0.4 is 10.6 Å². The zero-order chi connectivity index (χ0) is 15.5. The number of carbonyl (C=O) groups excluding carboxylic acids is 1. The number of rotatable bonds is 3. The third-order valence-corrected chi connectivity index (χ3v) is 3.40. The maximum Gasteiger partial charge on any atom is 0.323 e. The first-order chi connectivity index (χ1) is 9.86. The summed E-state index contributed by atoms with van der Waals surface area (Å²) in [6.07, 6.45) is 0. The summed E-state index contributed by atoms with van der Waals surface area (Å²) in [6.45, 7) is 0. The quantitative estimate of drug-likeness (QED) is 0.760. The largest absolute Gasteiger partial charge is 0.323 e. The van der Waals surface area contributed by atoms with Crippen molar-refractivity contribution in [3.05, 3.63) is 54.3 Å². The molecular formula is C13H11FN2O4S. The maximum atomic E-state index is 13.3. The summed E-state index contributed by atoms with van der Waals surface area (Å²) in [4.78, 5) is 11.4. The number of hydrogen-bond acceptors (Lipinski definition) is 3. The summed E-state index contributed by atoms with van der Waals surface area (Å²) in [6, 6.07) is 9.84. The Morgan fingerprint density at radius 2 is 1.62 bits per heavy atom. The Labute approximate surface area is 120 Å². The van der Waals surface area contributed by atoms with Gasteiger partial charge in [-0.1, -0.05) is 12.1 Å². The van der Waals surface area contributed by atoms with Gasteiger partial charge in [0.05, 0.1) is 10.6 Å². The molecule has 6 nitrogen and oxygen atoms in total. The third kappa shape index (κ3) is 4.01. The van der Waals surface area contributed by atoms with Gasteiger partial charge in [-0.3, -0.25) is 4.55 Å². The zero-order valence-electron chi connectivity index (χ0n) is 10.6. The van der Waals surface area contributed by atoms with E-state index in [0.29, 0.717) is 0 Å². The van der Waals surface area contributed by atoms with E-state index in [0.717, 1.165) is 12.1 Å². The highest BCUT2D eigenvalue weighted by atomic mass is 32.2. The average Bonchev–Trinajstić information content (AvgIpc) is 2.41. The van der Waals surface area contributed by atoms with Crippen LogP contribution in [0.3, 0.4) is 0 Å². The molecule has 2 rings (SSSR count). The molecule has 0 radical (unpaired) electrons.